The van der Waals surface area contributed by atoms with Crippen molar-refractivity contribution in [3.8, 4) is 0 Å². The number of aromatic nitrogens is 2. The molecule has 2 aromatic rings. The molecule has 0 aliphatic heterocycles. The normalized spacial score (nSPS) is 10.4. The molecule has 1 N–H and O–H groups in total. The fourth-order valence-electron chi connectivity index (χ4n) is 1.59. The maximum atomic E-state index is 12.0. The predicted molar refractivity (Wildman–Crippen MR) is 74.7 cm³/mol. The van der Waals surface area contributed by atoms with Gasteiger partial charge in [-0.25, -0.2) is 0 Å². The first-order valence-corrected chi connectivity index (χ1v) is 6.49. The van der Waals surface area contributed by atoms with Gasteiger partial charge < -0.3 is 5.32 Å². The summed E-state index contributed by atoms with van der Waals surface area (Å²) in [6, 6.07) is 5.51. The number of carbonyl (C=O) groups excluding carboxylic acids is 1. The summed E-state index contributed by atoms with van der Waals surface area (Å²) in [7, 11) is 0. The number of amides is 1. The van der Waals surface area contributed by atoms with Gasteiger partial charge in [0.05, 0.1) is 11.9 Å². The Morgan fingerprint density at radius 3 is 2.89 bits per heavy atom. The van der Waals surface area contributed by atoms with Gasteiger partial charge in [0.25, 0.3) is 5.91 Å². The van der Waals surface area contributed by atoms with E-state index in [0.717, 1.165) is 16.6 Å². The Morgan fingerprint density at radius 2 is 2.28 bits per heavy atom. The maximum absolute atomic E-state index is 12.0. The van der Waals surface area contributed by atoms with Crippen molar-refractivity contribution in [3.05, 3.63) is 46.2 Å². The molecule has 0 saturated heterocycles. The fourth-order valence-corrected chi connectivity index (χ4v) is 1.84. The molecule has 0 radical (unpaired) electrons. The maximum Gasteiger partial charge on any atom is 0.255 e. The molecule has 94 valence electrons. The lowest BCUT2D eigenvalue weighted by molar-refractivity contribution is 0.102. The van der Waals surface area contributed by atoms with Gasteiger partial charge in [-0.15, -0.1) is 0 Å². The number of halogens is 1. The number of benzene rings is 1. The van der Waals surface area contributed by atoms with Gasteiger partial charge in [-0.3, -0.25) is 9.48 Å². The molecular weight excluding hydrogens is 294 g/mol. The molecule has 0 aliphatic carbocycles. The number of carbonyl (C=O) groups is 1. The van der Waals surface area contributed by atoms with E-state index < -0.39 is 0 Å². The van der Waals surface area contributed by atoms with Crippen molar-refractivity contribution in [2.24, 2.45) is 0 Å². The third kappa shape index (κ3) is 2.79. The van der Waals surface area contributed by atoms with Crippen LogP contribution in [0.3, 0.4) is 0 Å². The van der Waals surface area contributed by atoms with Gasteiger partial charge in [0.2, 0.25) is 0 Å². The first kappa shape index (κ1) is 12.8. The van der Waals surface area contributed by atoms with Crippen LogP contribution in [-0.4, -0.2) is 15.7 Å². The molecule has 18 heavy (non-hydrogen) atoms. The smallest absolute Gasteiger partial charge is 0.255 e. The van der Waals surface area contributed by atoms with Crippen LogP contribution in [-0.2, 0) is 6.54 Å². The molecule has 0 saturated carbocycles. The Morgan fingerprint density at radius 1 is 1.50 bits per heavy atom. The minimum atomic E-state index is -0.124. The zero-order valence-corrected chi connectivity index (χ0v) is 11.9. The monoisotopic (exact) mass is 307 g/mol. The molecule has 0 spiro atoms. The molecule has 4 nitrogen and oxygen atoms in total. The summed E-state index contributed by atoms with van der Waals surface area (Å²) < 4.78 is 2.76. The van der Waals surface area contributed by atoms with E-state index in [4.69, 9.17) is 0 Å². The average molecular weight is 308 g/mol. The van der Waals surface area contributed by atoms with Gasteiger partial charge >= 0.3 is 0 Å². The summed E-state index contributed by atoms with van der Waals surface area (Å²) in [5, 5.41) is 6.93. The Hall–Kier alpha value is -1.62. The highest BCUT2D eigenvalue weighted by molar-refractivity contribution is 9.10. The lowest BCUT2D eigenvalue weighted by atomic mass is 10.1. The molecule has 1 aromatic heterocycles. The van der Waals surface area contributed by atoms with Crippen molar-refractivity contribution < 1.29 is 4.79 Å². The van der Waals surface area contributed by atoms with E-state index in [2.05, 4.69) is 26.3 Å². The van der Waals surface area contributed by atoms with Crippen LogP contribution in [0.2, 0.25) is 0 Å². The van der Waals surface area contributed by atoms with Gasteiger partial charge in [0, 0.05) is 22.8 Å². The summed E-state index contributed by atoms with van der Waals surface area (Å²) in [6.45, 7) is 4.74. The van der Waals surface area contributed by atoms with E-state index in [9.17, 15) is 4.79 Å². The largest absolute Gasteiger partial charge is 0.319 e. The van der Waals surface area contributed by atoms with Crippen molar-refractivity contribution in [3.63, 3.8) is 0 Å². The van der Waals surface area contributed by atoms with E-state index in [-0.39, 0.29) is 5.91 Å². The van der Waals surface area contributed by atoms with Crippen molar-refractivity contribution in [1.29, 1.82) is 0 Å². The van der Waals surface area contributed by atoms with Gasteiger partial charge in [-0.2, -0.15) is 5.10 Å². The summed E-state index contributed by atoms with van der Waals surface area (Å²) in [5.74, 6) is -0.124. The second-order valence-electron chi connectivity index (χ2n) is 4.00. The number of aryl methyl sites for hydroxylation is 2. The number of hydrogen-bond donors (Lipinski definition) is 1. The first-order valence-electron chi connectivity index (χ1n) is 5.70. The highest BCUT2D eigenvalue weighted by Gasteiger charge is 2.08. The molecule has 1 heterocycles. The Kier molecular flexibility index (Phi) is 3.81. The summed E-state index contributed by atoms with van der Waals surface area (Å²) in [6.07, 6.45) is 3.46. The fraction of sp³-hybridized carbons (Fsp3) is 0.231. The van der Waals surface area contributed by atoms with Crippen molar-refractivity contribution in [2.75, 3.05) is 5.32 Å². The summed E-state index contributed by atoms with van der Waals surface area (Å²) in [4.78, 5) is 12.0. The molecule has 0 atom stereocenters. The van der Waals surface area contributed by atoms with Gasteiger partial charge in [-0.1, -0.05) is 15.9 Å². The molecule has 0 unspecified atom stereocenters. The minimum Gasteiger partial charge on any atom is -0.319 e. The number of nitrogens with one attached hydrogen (secondary N) is 1. The van der Waals surface area contributed by atoms with Crippen LogP contribution < -0.4 is 5.32 Å². The molecular formula is C13H14BrN3O. The highest BCUT2D eigenvalue weighted by Crippen LogP contribution is 2.18. The van der Waals surface area contributed by atoms with Crippen LogP contribution in [0.25, 0.3) is 0 Å². The standard InChI is InChI=1S/C13H14BrN3O/c1-3-17-8-11(7-15-17)16-13(18)10-4-5-12(14)9(2)6-10/h4-8H,3H2,1-2H3,(H,16,18). The number of nitrogens with zero attached hydrogens (tertiary/aromatic N) is 2. The van der Waals surface area contributed by atoms with E-state index in [0.29, 0.717) is 11.3 Å². The highest BCUT2D eigenvalue weighted by atomic mass is 79.9. The van der Waals surface area contributed by atoms with E-state index in [1.54, 1.807) is 16.9 Å². The van der Waals surface area contributed by atoms with Crippen molar-refractivity contribution in [2.45, 2.75) is 20.4 Å². The Balaban J connectivity index is 2.14. The molecule has 0 fully saturated rings. The Bertz CT molecular complexity index is 577. The van der Waals surface area contributed by atoms with Crippen molar-refractivity contribution >= 4 is 27.5 Å². The molecule has 1 amide bonds. The Labute approximate surface area is 114 Å². The molecule has 0 bridgehead atoms. The number of rotatable bonds is 3. The summed E-state index contributed by atoms with van der Waals surface area (Å²) >= 11 is 3.41. The predicted octanol–water partition coefficient (Wildman–Crippen LogP) is 3.23. The number of hydrogen-bond acceptors (Lipinski definition) is 2. The van der Waals surface area contributed by atoms with Crippen LogP contribution in [0, 0.1) is 6.92 Å². The van der Waals surface area contributed by atoms with Gasteiger partial charge in [0.1, 0.15) is 0 Å². The topological polar surface area (TPSA) is 46.9 Å². The zero-order valence-electron chi connectivity index (χ0n) is 10.3. The number of anilines is 1. The second-order valence-corrected chi connectivity index (χ2v) is 4.86. The zero-order chi connectivity index (χ0) is 13.1. The SMILES string of the molecule is CCn1cc(NC(=O)c2ccc(Br)c(C)c2)cn1. The summed E-state index contributed by atoms with van der Waals surface area (Å²) in [5.41, 5.74) is 2.38. The van der Waals surface area contributed by atoms with Crippen LogP contribution >= 0.6 is 15.9 Å². The van der Waals surface area contributed by atoms with Crippen LogP contribution in [0.4, 0.5) is 5.69 Å². The molecule has 0 aliphatic rings. The van der Waals surface area contributed by atoms with Crippen molar-refractivity contribution in [1.82, 2.24) is 9.78 Å². The molecule has 2 rings (SSSR count). The molecule has 5 heteroatoms. The van der Waals surface area contributed by atoms with Crippen LogP contribution in [0.5, 0.6) is 0 Å². The lowest BCUT2D eigenvalue weighted by Crippen LogP contribution is -2.11. The lowest BCUT2D eigenvalue weighted by Gasteiger charge is -2.04. The van der Waals surface area contributed by atoms with E-state index >= 15 is 0 Å². The van der Waals surface area contributed by atoms with E-state index in [1.165, 1.54) is 0 Å². The quantitative estimate of drug-likeness (QED) is 0.946. The van der Waals surface area contributed by atoms with Gasteiger partial charge in [-0.05, 0) is 37.6 Å². The van der Waals surface area contributed by atoms with Crippen LogP contribution in [0.1, 0.15) is 22.8 Å². The third-order valence-electron chi connectivity index (χ3n) is 2.64. The molecule has 1 aromatic carbocycles. The first-order chi connectivity index (χ1) is 8.60. The minimum absolute atomic E-state index is 0.124. The third-order valence-corrected chi connectivity index (χ3v) is 3.52. The van der Waals surface area contributed by atoms with E-state index in [1.807, 2.05) is 32.2 Å². The van der Waals surface area contributed by atoms with Crippen LogP contribution in [0.15, 0.2) is 35.1 Å². The average Bonchev–Trinajstić information content (AvgIpc) is 2.80. The second kappa shape index (κ2) is 5.35. The van der Waals surface area contributed by atoms with Gasteiger partial charge in [0.15, 0.2) is 0 Å².